The second kappa shape index (κ2) is 6.59. The van der Waals surface area contributed by atoms with E-state index in [1.165, 1.54) is 0 Å². The van der Waals surface area contributed by atoms with Crippen LogP contribution in [0.2, 0.25) is 0 Å². The number of ether oxygens (including phenoxy) is 4. The summed E-state index contributed by atoms with van der Waals surface area (Å²) < 4.78 is 23.2. The van der Waals surface area contributed by atoms with Gasteiger partial charge in [-0.3, -0.25) is 0 Å². The van der Waals surface area contributed by atoms with Crippen molar-refractivity contribution in [2.45, 2.75) is 57.4 Å². The third kappa shape index (κ3) is 3.57. The molecule has 4 atom stereocenters. The topological polar surface area (TPSA) is 54.0 Å². The van der Waals surface area contributed by atoms with Crippen molar-refractivity contribution >= 4 is 6.29 Å². The molecule has 1 saturated heterocycles. The Labute approximate surface area is 136 Å². The van der Waals surface area contributed by atoms with Gasteiger partial charge in [0.2, 0.25) is 0 Å². The van der Waals surface area contributed by atoms with Crippen LogP contribution in [0.5, 0.6) is 5.75 Å². The first-order valence-corrected chi connectivity index (χ1v) is 8.06. The second-order valence-corrected chi connectivity index (χ2v) is 6.66. The molecule has 1 saturated carbocycles. The van der Waals surface area contributed by atoms with Gasteiger partial charge in [-0.1, -0.05) is 12.1 Å². The molecule has 1 aliphatic carbocycles. The molecule has 1 aromatic carbocycles. The number of aldehydes is 1. The zero-order chi connectivity index (χ0) is 16.4. The Morgan fingerprint density at radius 2 is 1.91 bits per heavy atom. The first-order valence-electron chi connectivity index (χ1n) is 8.06. The molecule has 23 heavy (non-hydrogen) atoms. The Morgan fingerprint density at radius 3 is 2.57 bits per heavy atom. The number of benzene rings is 1. The average molecular weight is 320 g/mol. The maximum absolute atomic E-state index is 10.9. The lowest BCUT2D eigenvalue weighted by Crippen LogP contribution is -2.30. The van der Waals surface area contributed by atoms with Gasteiger partial charge in [0, 0.05) is 6.42 Å². The molecule has 5 heteroatoms. The quantitative estimate of drug-likeness (QED) is 0.754. The number of hydrogen-bond acceptors (Lipinski definition) is 5. The molecular formula is C18H24O5. The molecule has 2 aliphatic rings. The van der Waals surface area contributed by atoms with E-state index in [4.69, 9.17) is 18.9 Å². The molecule has 0 N–H and O–H groups in total. The van der Waals surface area contributed by atoms with E-state index in [0.717, 1.165) is 24.0 Å². The lowest BCUT2D eigenvalue weighted by atomic mass is 10.0. The summed E-state index contributed by atoms with van der Waals surface area (Å²) >= 11 is 0. The zero-order valence-corrected chi connectivity index (χ0v) is 13.9. The van der Waals surface area contributed by atoms with Gasteiger partial charge in [-0.15, -0.1) is 0 Å². The van der Waals surface area contributed by atoms with E-state index >= 15 is 0 Å². The Morgan fingerprint density at radius 1 is 1.22 bits per heavy atom. The summed E-state index contributed by atoms with van der Waals surface area (Å²) in [6, 6.07) is 7.82. The highest BCUT2D eigenvalue weighted by atomic mass is 16.8. The maximum Gasteiger partial charge on any atom is 0.163 e. The number of methoxy groups -OCH3 is 1. The summed E-state index contributed by atoms with van der Waals surface area (Å²) in [5.41, 5.74) is 1.08. The van der Waals surface area contributed by atoms with Crippen molar-refractivity contribution in [3.63, 3.8) is 0 Å². The summed E-state index contributed by atoms with van der Waals surface area (Å²) in [6.45, 7) is 4.32. The fraction of sp³-hybridized carbons (Fsp3) is 0.611. The van der Waals surface area contributed by atoms with Crippen molar-refractivity contribution in [1.82, 2.24) is 0 Å². The number of carbonyl (C=O) groups excluding carboxylic acids is 1. The van der Waals surface area contributed by atoms with Crippen LogP contribution in [-0.2, 0) is 25.6 Å². The van der Waals surface area contributed by atoms with Crippen LogP contribution in [0.3, 0.4) is 0 Å². The van der Waals surface area contributed by atoms with Crippen molar-refractivity contribution < 1.29 is 23.7 Å². The predicted molar refractivity (Wildman–Crippen MR) is 84.2 cm³/mol. The van der Waals surface area contributed by atoms with Crippen molar-refractivity contribution in [3.8, 4) is 5.75 Å². The zero-order valence-electron chi connectivity index (χ0n) is 13.9. The minimum Gasteiger partial charge on any atom is -0.497 e. The molecule has 126 valence electrons. The Kier molecular flexibility index (Phi) is 4.71. The van der Waals surface area contributed by atoms with E-state index < -0.39 is 5.79 Å². The van der Waals surface area contributed by atoms with Crippen molar-refractivity contribution in [3.05, 3.63) is 29.8 Å². The summed E-state index contributed by atoms with van der Waals surface area (Å²) in [6.07, 6.45) is 2.03. The maximum atomic E-state index is 10.9. The molecule has 0 unspecified atom stereocenters. The fourth-order valence-electron chi connectivity index (χ4n) is 3.48. The van der Waals surface area contributed by atoms with E-state index in [9.17, 15) is 4.79 Å². The fourth-order valence-corrected chi connectivity index (χ4v) is 3.48. The number of fused-ring (bicyclic) bond motifs is 1. The summed E-state index contributed by atoms with van der Waals surface area (Å²) in [5.74, 6) is 0.383. The Hall–Kier alpha value is -1.43. The van der Waals surface area contributed by atoms with Gasteiger partial charge in [0.05, 0.1) is 25.9 Å². The number of hydrogen-bond donors (Lipinski definition) is 0. The van der Waals surface area contributed by atoms with Crippen LogP contribution in [0.1, 0.15) is 32.3 Å². The van der Waals surface area contributed by atoms with Crippen molar-refractivity contribution in [1.29, 1.82) is 0 Å². The van der Waals surface area contributed by atoms with Gasteiger partial charge in [0.15, 0.2) is 5.79 Å². The van der Waals surface area contributed by atoms with Crippen molar-refractivity contribution in [2.75, 3.05) is 7.11 Å². The smallest absolute Gasteiger partial charge is 0.163 e. The van der Waals surface area contributed by atoms with Gasteiger partial charge < -0.3 is 23.7 Å². The van der Waals surface area contributed by atoms with E-state index in [2.05, 4.69) is 0 Å². The summed E-state index contributed by atoms with van der Waals surface area (Å²) in [4.78, 5) is 10.9. The highest BCUT2D eigenvalue weighted by molar-refractivity contribution is 5.50. The van der Waals surface area contributed by atoms with E-state index in [-0.39, 0.29) is 24.2 Å². The van der Waals surface area contributed by atoms with E-state index in [0.29, 0.717) is 13.0 Å². The standard InChI is InChI=1S/C18H24O5/c1-18(2)22-16-13(8-9-19)10-15(17(16)23-18)21-11-12-4-6-14(20-3)7-5-12/h4-7,9,13,15-17H,8,10-11H2,1-3H3/t13-,15-,16+,17-/m0/s1. The molecule has 1 aromatic rings. The monoisotopic (exact) mass is 320 g/mol. The molecule has 0 bridgehead atoms. The molecule has 1 aliphatic heterocycles. The second-order valence-electron chi connectivity index (χ2n) is 6.66. The van der Waals surface area contributed by atoms with Crippen LogP contribution in [0.15, 0.2) is 24.3 Å². The first kappa shape index (κ1) is 16.4. The SMILES string of the molecule is COc1ccc(CO[C@H]2C[C@H](CC=O)[C@H]3OC(C)(C)O[C@H]32)cc1. The minimum absolute atomic E-state index is 0.0474. The van der Waals surface area contributed by atoms with Crippen LogP contribution in [-0.4, -0.2) is 37.5 Å². The Bertz CT molecular complexity index is 539. The molecule has 0 radical (unpaired) electrons. The molecule has 0 aromatic heterocycles. The molecule has 1 heterocycles. The van der Waals surface area contributed by atoms with Gasteiger partial charge in [0.1, 0.15) is 18.1 Å². The van der Waals surface area contributed by atoms with E-state index in [1.807, 2.05) is 38.1 Å². The van der Waals surface area contributed by atoms with Gasteiger partial charge >= 0.3 is 0 Å². The van der Waals surface area contributed by atoms with Crippen LogP contribution < -0.4 is 4.74 Å². The molecule has 0 amide bonds. The number of rotatable bonds is 6. The first-order chi connectivity index (χ1) is 11.0. The van der Waals surface area contributed by atoms with Gasteiger partial charge in [0.25, 0.3) is 0 Å². The minimum atomic E-state index is -0.612. The molecule has 3 rings (SSSR count). The third-order valence-electron chi connectivity index (χ3n) is 4.55. The third-order valence-corrected chi connectivity index (χ3v) is 4.55. The van der Waals surface area contributed by atoms with Gasteiger partial charge in [-0.2, -0.15) is 0 Å². The van der Waals surface area contributed by atoms with Gasteiger partial charge in [-0.05, 0) is 43.9 Å². The number of carbonyl (C=O) groups is 1. The highest BCUT2D eigenvalue weighted by Crippen LogP contribution is 2.44. The normalized spacial score (nSPS) is 31.8. The van der Waals surface area contributed by atoms with Crippen LogP contribution in [0.25, 0.3) is 0 Å². The molecular weight excluding hydrogens is 296 g/mol. The van der Waals surface area contributed by atoms with Crippen molar-refractivity contribution in [2.24, 2.45) is 5.92 Å². The molecule has 2 fully saturated rings. The Balaban J connectivity index is 1.63. The predicted octanol–water partition coefficient (Wildman–Crippen LogP) is 2.71. The lowest BCUT2D eigenvalue weighted by molar-refractivity contribution is -0.172. The van der Waals surface area contributed by atoms with Crippen LogP contribution in [0, 0.1) is 5.92 Å². The average Bonchev–Trinajstić information content (AvgIpc) is 3.00. The summed E-state index contributed by atoms with van der Waals surface area (Å²) in [5, 5.41) is 0. The van der Waals surface area contributed by atoms with E-state index in [1.54, 1.807) is 7.11 Å². The summed E-state index contributed by atoms with van der Waals surface area (Å²) in [7, 11) is 1.65. The van der Waals surface area contributed by atoms with Crippen LogP contribution in [0.4, 0.5) is 0 Å². The molecule has 0 spiro atoms. The largest absolute Gasteiger partial charge is 0.497 e. The van der Waals surface area contributed by atoms with Crippen LogP contribution >= 0.6 is 0 Å². The molecule has 5 nitrogen and oxygen atoms in total. The highest BCUT2D eigenvalue weighted by Gasteiger charge is 2.54. The van der Waals surface area contributed by atoms with Gasteiger partial charge in [-0.25, -0.2) is 0 Å². The lowest BCUT2D eigenvalue weighted by Gasteiger charge is -2.23.